The maximum absolute atomic E-state index is 11.5. The zero-order valence-electron chi connectivity index (χ0n) is 11.7. The molecule has 0 saturated carbocycles. The van der Waals surface area contributed by atoms with Crippen molar-refractivity contribution < 1.29 is 4.79 Å². The van der Waals surface area contributed by atoms with E-state index in [0.717, 1.165) is 30.9 Å². The third kappa shape index (κ3) is 2.97. The summed E-state index contributed by atoms with van der Waals surface area (Å²) in [6, 6.07) is 12.4. The number of carbonyl (C=O) groups excluding carboxylic acids is 1. The molecule has 21 heavy (non-hydrogen) atoms. The summed E-state index contributed by atoms with van der Waals surface area (Å²) in [5.74, 6) is -0.433. The number of benzene rings is 1. The SMILES string of the molecule is NC(=O)c1cnccc1N1CCC(Nc2ccccc2)C1. The van der Waals surface area contributed by atoms with Gasteiger partial charge in [-0.1, -0.05) is 18.2 Å². The van der Waals surface area contributed by atoms with E-state index in [2.05, 4.69) is 27.3 Å². The topological polar surface area (TPSA) is 71.2 Å². The Hall–Kier alpha value is -2.56. The normalized spacial score (nSPS) is 17.7. The van der Waals surface area contributed by atoms with Gasteiger partial charge in [-0.3, -0.25) is 9.78 Å². The number of amides is 1. The van der Waals surface area contributed by atoms with Gasteiger partial charge in [0.15, 0.2) is 0 Å². The van der Waals surface area contributed by atoms with Gasteiger partial charge in [-0.25, -0.2) is 0 Å². The van der Waals surface area contributed by atoms with Crippen LogP contribution in [0.3, 0.4) is 0 Å². The zero-order valence-corrected chi connectivity index (χ0v) is 11.7. The van der Waals surface area contributed by atoms with Crippen molar-refractivity contribution in [2.24, 2.45) is 5.73 Å². The summed E-state index contributed by atoms with van der Waals surface area (Å²) in [6.07, 6.45) is 4.25. The van der Waals surface area contributed by atoms with Crippen molar-refractivity contribution in [1.29, 1.82) is 0 Å². The summed E-state index contributed by atoms with van der Waals surface area (Å²) in [5, 5.41) is 3.52. The monoisotopic (exact) mass is 282 g/mol. The lowest BCUT2D eigenvalue weighted by Gasteiger charge is -2.21. The number of para-hydroxylation sites is 1. The Morgan fingerprint density at radius 2 is 2.10 bits per heavy atom. The number of hydrogen-bond acceptors (Lipinski definition) is 4. The van der Waals surface area contributed by atoms with E-state index < -0.39 is 5.91 Å². The Morgan fingerprint density at radius 3 is 2.86 bits per heavy atom. The smallest absolute Gasteiger partial charge is 0.252 e. The van der Waals surface area contributed by atoms with Gasteiger partial charge in [-0.05, 0) is 24.6 Å². The van der Waals surface area contributed by atoms with E-state index in [9.17, 15) is 4.79 Å². The van der Waals surface area contributed by atoms with Gasteiger partial charge < -0.3 is 16.0 Å². The first-order chi connectivity index (χ1) is 10.2. The fraction of sp³-hybridized carbons (Fsp3) is 0.250. The third-order valence-corrected chi connectivity index (χ3v) is 3.74. The molecule has 2 aromatic rings. The summed E-state index contributed by atoms with van der Waals surface area (Å²) < 4.78 is 0. The van der Waals surface area contributed by atoms with Crippen LogP contribution in [0.15, 0.2) is 48.8 Å². The maximum atomic E-state index is 11.5. The lowest BCUT2D eigenvalue weighted by molar-refractivity contribution is 0.100. The molecule has 1 saturated heterocycles. The predicted molar refractivity (Wildman–Crippen MR) is 83.4 cm³/mol. The van der Waals surface area contributed by atoms with E-state index in [0.29, 0.717) is 11.6 Å². The van der Waals surface area contributed by atoms with Crippen LogP contribution >= 0.6 is 0 Å². The highest BCUT2D eigenvalue weighted by Crippen LogP contribution is 2.25. The second-order valence-corrected chi connectivity index (χ2v) is 5.20. The van der Waals surface area contributed by atoms with Crippen LogP contribution in [0.5, 0.6) is 0 Å². The molecule has 3 N–H and O–H groups in total. The molecular weight excluding hydrogens is 264 g/mol. The zero-order chi connectivity index (χ0) is 14.7. The Morgan fingerprint density at radius 1 is 1.29 bits per heavy atom. The molecule has 1 aromatic carbocycles. The molecule has 5 nitrogen and oxygen atoms in total. The molecule has 3 rings (SSSR count). The number of anilines is 2. The Kier molecular flexibility index (Phi) is 3.73. The minimum Gasteiger partial charge on any atom is -0.380 e. The molecule has 0 spiro atoms. The first-order valence-corrected chi connectivity index (χ1v) is 7.04. The number of hydrogen-bond donors (Lipinski definition) is 2. The van der Waals surface area contributed by atoms with Crippen LogP contribution < -0.4 is 16.0 Å². The van der Waals surface area contributed by atoms with Gasteiger partial charge >= 0.3 is 0 Å². The number of nitrogens with zero attached hydrogens (tertiary/aromatic N) is 2. The van der Waals surface area contributed by atoms with Gasteiger partial charge in [0.25, 0.3) is 5.91 Å². The first kappa shape index (κ1) is 13.4. The highest BCUT2D eigenvalue weighted by molar-refractivity contribution is 5.98. The van der Waals surface area contributed by atoms with Crippen molar-refractivity contribution in [2.45, 2.75) is 12.5 Å². The van der Waals surface area contributed by atoms with Crippen LogP contribution in [0.4, 0.5) is 11.4 Å². The molecule has 5 heteroatoms. The van der Waals surface area contributed by atoms with Crippen LogP contribution in [0.2, 0.25) is 0 Å². The lowest BCUT2D eigenvalue weighted by Crippen LogP contribution is -2.28. The average molecular weight is 282 g/mol. The molecule has 1 aliphatic rings. The molecule has 1 aliphatic heterocycles. The highest BCUT2D eigenvalue weighted by Gasteiger charge is 2.25. The first-order valence-electron chi connectivity index (χ1n) is 7.04. The van der Waals surface area contributed by atoms with Crippen molar-refractivity contribution in [3.05, 3.63) is 54.4 Å². The van der Waals surface area contributed by atoms with E-state index in [1.54, 1.807) is 6.20 Å². The van der Waals surface area contributed by atoms with E-state index in [1.165, 1.54) is 6.20 Å². The lowest BCUT2D eigenvalue weighted by atomic mass is 10.2. The second kappa shape index (κ2) is 5.83. The Labute approximate surface area is 123 Å². The Balaban J connectivity index is 1.71. The highest BCUT2D eigenvalue weighted by atomic mass is 16.1. The summed E-state index contributed by atoms with van der Waals surface area (Å²) in [5.41, 5.74) is 7.89. The van der Waals surface area contributed by atoms with E-state index in [4.69, 9.17) is 5.73 Å². The average Bonchev–Trinajstić information content (AvgIpc) is 2.96. The van der Waals surface area contributed by atoms with Crippen LogP contribution in [0, 0.1) is 0 Å². The summed E-state index contributed by atoms with van der Waals surface area (Å²) in [4.78, 5) is 17.7. The standard InChI is InChI=1S/C16H18N4O/c17-16(21)14-10-18-8-6-15(14)20-9-7-13(11-20)19-12-4-2-1-3-5-12/h1-6,8,10,13,19H,7,9,11H2,(H2,17,21). The van der Waals surface area contributed by atoms with Gasteiger partial charge in [-0.15, -0.1) is 0 Å². The molecule has 1 aromatic heterocycles. The number of rotatable bonds is 4. The van der Waals surface area contributed by atoms with Gasteiger partial charge in [-0.2, -0.15) is 0 Å². The Bertz CT molecular complexity index is 629. The van der Waals surface area contributed by atoms with Crippen LogP contribution in [-0.2, 0) is 0 Å². The molecule has 1 fully saturated rings. The van der Waals surface area contributed by atoms with Crippen molar-refractivity contribution in [1.82, 2.24) is 4.98 Å². The molecule has 1 atom stereocenters. The maximum Gasteiger partial charge on any atom is 0.252 e. The second-order valence-electron chi connectivity index (χ2n) is 5.20. The molecule has 1 unspecified atom stereocenters. The molecule has 2 heterocycles. The number of nitrogens with two attached hydrogens (primary N) is 1. The minimum atomic E-state index is -0.433. The van der Waals surface area contributed by atoms with Gasteiger partial charge in [0.05, 0.1) is 11.3 Å². The predicted octanol–water partition coefficient (Wildman–Crippen LogP) is 1.87. The van der Waals surface area contributed by atoms with Crippen LogP contribution in [0.1, 0.15) is 16.8 Å². The van der Waals surface area contributed by atoms with Gasteiger partial charge in [0.1, 0.15) is 0 Å². The summed E-state index contributed by atoms with van der Waals surface area (Å²) >= 11 is 0. The quantitative estimate of drug-likeness (QED) is 0.898. The third-order valence-electron chi connectivity index (χ3n) is 3.74. The molecule has 108 valence electrons. The van der Waals surface area contributed by atoms with Gasteiger partial charge in [0.2, 0.25) is 0 Å². The molecule has 0 bridgehead atoms. The number of nitrogens with one attached hydrogen (secondary N) is 1. The molecule has 1 amide bonds. The van der Waals surface area contributed by atoms with E-state index >= 15 is 0 Å². The van der Waals surface area contributed by atoms with Gasteiger partial charge in [0, 0.05) is 37.2 Å². The van der Waals surface area contributed by atoms with E-state index in [1.807, 2.05) is 24.3 Å². The number of pyridine rings is 1. The summed E-state index contributed by atoms with van der Waals surface area (Å²) in [7, 11) is 0. The number of primary amides is 1. The van der Waals surface area contributed by atoms with Crippen molar-refractivity contribution in [3.8, 4) is 0 Å². The minimum absolute atomic E-state index is 0.362. The van der Waals surface area contributed by atoms with Crippen molar-refractivity contribution in [3.63, 3.8) is 0 Å². The fourth-order valence-corrected chi connectivity index (χ4v) is 2.72. The molecular formula is C16H18N4O. The van der Waals surface area contributed by atoms with Crippen molar-refractivity contribution in [2.75, 3.05) is 23.3 Å². The van der Waals surface area contributed by atoms with Crippen LogP contribution in [0.25, 0.3) is 0 Å². The fourth-order valence-electron chi connectivity index (χ4n) is 2.72. The van der Waals surface area contributed by atoms with Crippen LogP contribution in [-0.4, -0.2) is 30.0 Å². The molecule has 0 aliphatic carbocycles. The largest absolute Gasteiger partial charge is 0.380 e. The number of carbonyl (C=O) groups is 1. The summed E-state index contributed by atoms with van der Waals surface area (Å²) in [6.45, 7) is 1.74. The van der Waals surface area contributed by atoms with Crippen molar-refractivity contribution >= 4 is 17.3 Å². The van der Waals surface area contributed by atoms with E-state index in [-0.39, 0.29) is 0 Å². The molecule has 0 radical (unpaired) electrons. The number of aromatic nitrogens is 1.